The molecule has 1 aromatic rings. The van der Waals surface area contributed by atoms with Crippen LogP contribution in [0, 0.1) is 0 Å². The van der Waals surface area contributed by atoms with Crippen LogP contribution in [-0.4, -0.2) is 47.3 Å². The molecule has 0 aliphatic rings. The summed E-state index contributed by atoms with van der Waals surface area (Å²) in [7, 11) is 1.64. The second kappa shape index (κ2) is 8.67. The highest BCUT2D eigenvalue weighted by atomic mass is 16.5. The molecule has 0 aliphatic carbocycles. The van der Waals surface area contributed by atoms with Crippen molar-refractivity contribution in [1.29, 1.82) is 0 Å². The summed E-state index contributed by atoms with van der Waals surface area (Å²) in [4.78, 5) is 14.6. The number of rotatable bonds is 9. The summed E-state index contributed by atoms with van der Waals surface area (Å²) >= 11 is 0. The Hall–Kier alpha value is -1.56. The molecule has 0 bridgehead atoms. The molecule has 0 atom stereocenters. The molecule has 0 fully saturated rings. The molecule has 0 radical (unpaired) electrons. The maximum Gasteiger partial charge on any atom is 0.276 e. The monoisotopic (exact) mass is 296 g/mol. The van der Waals surface area contributed by atoms with Crippen LogP contribution in [0.25, 0.3) is 0 Å². The number of methoxy groups -OCH3 is 1. The van der Waals surface area contributed by atoms with E-state index in [0.29, 0.717) is 24.5 Å². The predicted molar refractivity (Wildman–Crippen MR) is 84.3 cm³/mol. The number of hydrogen-bond donors (Lipinski definition) is 2. The highest BCUT2D eigenvalue weighted by Gasteiger charge is 2.26. The fraction of sp³-hybridized carbons (Fsp3) is 0.733. The van der Waals surface area contributed by atoms with Gasteiger partial charge in [-0.25, -0.2) is 0 Å². The van der Waals surface area contributed by atoms with Crippen LogP contribution in [0.3, 0.4) is 0 Å². The molecule has 1 amide bonds. The van der Waals surface area contributed by atoms with E-state index in [1.54, 1.807) is 7.11 Å². The molecule has 1 aromatic heterocycles. The number of carbonyl (C=O) groups excluding carboxylic acids is 1. The lowest BCUT2D eigenvalue weighted by Crippen LogP contribution is -2.42. The average Bonchev–Trinajstić information content (AvgIpc) is 2.84. The van der Waals surface area contributed by atoms with Gasteiger partial charge < -0.3 is 15.4 Å². The molecule has 0 spiro atoms. The molecule has 6 nitrogen and oxygen atoms in total. The van der Waals surface area contributed by atoms with E-state index < -0.39 is 0 Å². The Balaban J connectivity index is 2.98. The van der Waals surface area contributed by atoms with E-state index in [1.807, 2.05) is 4.90 Å². The van der Waals surface area contributed by atoms with Crippen molar-refractivity contribution < 1.29 is 9.53 Å². The summed E-state index contributed by atoms with van der Waals surface area (Å²) in [6.07, 6.45) is 3.56. The SMILES string of the molecule is CCCc1[nH]nc(C(=O)N(CCOC)C(CC)CC)c1N. The van der Waals surface area contributed by atoms with E-state index in [4.69, 9.17) is 10.5 Å². The molecule has 0 saturated heterocycles. The quantitative estimate of drug-likeness (QED) is 0.732. The van der Waals surface area contributed by atoms with Crippen molar-refractivity contribution in [2.45, 2.75) is 52.5 Å². The fourth-order valence-electron chi connectivity index (χ4n) is 2.50. The van der Waals surface area contributed by atoms with Gasteiger partial charge >= 0.3 is 0 Å². The van der Waals surface area contributed by atoms with E-state index in [1.165, 1.54) is 0 Å². The molecule has 0 aromatic carbocycles. The third-order valence-corrected chi connectivity index (χ3v) is 3.77. The number of aryl methyl sites for hydroxylation is 1. The Morgan fingerprint density at radius 2 is 2.05 bits per heavy atom. The van der Waals surface area contributed by atoms with Crippen molar-refractivity contribution in [2.75, 3.05) is 26.0 Å². The lowest BCUT2D eigenvalue weighted by Gasteiger charge is -2.30. The molecule has 21 heavy (non-hydrogen) atoms. The maximum absolute atomic E-state index is 12.8. The largest absolute Gasteiger partial charge is 0.395 e. The number of amides is 1. The number of carbonyl (C=O) groups is 1. The number of hydrogen-bond acceptors (Lipinski definition) is 4. The molecule has 6 heteroatoms. The van der Waals surface area contributed by atoms with Gasteiger partial charge in [-0.1, -0.05) is 27.2 Å². The number of nitrogen functional groups attached to an aromatic ring is 1. The minimum absolute atomic E-state index is 0.114. The predicted octanol–water partition coefficient (Wildman–Crippen LogP) is 2.22. The molecule has 1 rings (SSSR count). The standard InChI is InChI=1S/C15H28N4O2/c1-5-8-12-13(16)14(18-17-12)15(20)19(9-10-21-4)11(6-2)7-3/h11H,5-10,16H2,1-4H3,(H,17,18). The van der Waals surface area contributed by atoms with E-state index in [0.717, 1.165) is 31.4 Å². The van der Waals surface area contributed by atoms with Gasteiger partial charge in [0, 0.05) is 19.7 Å². The van der Waals surface area contributed by atoms with E-state index in [-0.39, 0.29) is 11.9 Å². The van der Waals surface area contributed by atoms with E-state index in [9.17, 15) is 4.79 Å². The van der Waals surface area contributed by atoms with Crippen LogP contribution in [0.2, 0.25) is 0 Å². The lowest BCUT2D eigenvalue weighted by atomic mass is 10.1. The number of H-pyrrole nitrogens is 1. The third-order valence-electron chi connectivity index (χ3n) is 3.77. The van der Waals surface area contributed by atoms with Crippen LogP contribution >= 0.6 is 0 Å². The van der Waals surface area contributed by atoms with Gasteiger partial charge in [-0.15, -0.1) is 0 Å². The molecule has 0 unspecified atom stereocenters. The maximum atomic E-state index is 12.8. The van der Waals surface area contributed by atoms with Gasteiger partial charge in [0.15, 0.2) is 5.69 Å². The molecule has 3 N–H and O–H groups in total. The zero-order valence-electron chi connectivity index (χ0n) is 13.6. The van der Waals surface area contributed by atoms with Crippen LogP contribution in [-0.2, 0) is 11.2 Å². The topological polar surface area (TPSA) is 84.2 Å². The van der Waals surface area contributed by atoms with Crippen LogP contribution in [0.4, 0.5) is 5.69 Å². The summed E-state index contributed by atoms with van der Waals surface area (Å²) in [5.41, 5.74) is 7.73. The Morgan fingerprint density at radius 3 is 2.57 bits per heavy atom. The van der Waals surface area contributed by atoms with Crippen molar-refractivity contribution in [3.05, 3.63) is 11.4 Å². The lowest BCUT2D eigenvalue weighted by molar-refractivity contribution is 0.0584. The van der Waals surface area contributed by atoms with Gasteiger partial charge in [0.2, 0.25) is 0 Å². The van der Waals surface area contributed by atoms with Crippen molar-refractivity contribution in [3.63, 3.8) is 0 Å². The Kier molecular flexibility index (Phi) is 7.22. The van der Waals surface area contributed by atoms with Gasteiger partial charge in [-0.05, 0) is 19.3 Å². The third kappa shape index (κ3) is 4.20. The summed E-state index contributed by atoms with van der Waals surface area (Å²) in [6.45, 7) is 7.29. The zero-order chi connectivity index (χ0) is 15.8. The Labute approximate surface area is 127 Å². The first kappa shape index (κ1) is 17.5. The minimum atomic E-state index is -0.114. The Morgan fingerprint density at radius 1 is 1.38 bits per heavy atom. The smallest absolute Gasteiger partial charge is 0.276 e. The number of nitrogens with zero attached hydrogens (tertiary/aromatic N) is 2. The van der Waals surface area contributed by atoms with E-state index >= 15 is 0 Å². The van der Waals surface area contributed by atoms with Crippen LogP contribution in [0.5, 0.6) is 0 Å². The molecule has 0 saturated carbocycles. The first-order chi connectivity index (χ1) is 10.1. The van der Waals surface area contributed by atoms with Crippen LogP contribution in [0.1, 0.15) is 56.2 Å². The first-order valence-corrected chi connectivity index (χ1v) is 7.73. The molecule has 0 aliphatic heterocycles. The van der Waals surface area contributed by atoms with Crippen molar-refractivity contribution >= 4 is 11.6 Å². The first-order valence-electron chi connectivity index (χ1n) is 7.73. The number of anilines is 1. The minimum Gasteiger partial charge on any atom is -0.395 e. The summed E-state index contributed by atoms with van der Waals surface area (Å²) in [5.74, 6) is -0.114. The second-order valence-corrected chi connectivity index (χ2v) is 5.18. The highest BCUT2D eigenvalue weighted by molar-refractivity contribution is 5.97. The number of nitrogens with one attached hydrogen (secondary N) is 1. The van der Waals surface area contributed by atoms with Gasteiger partial charge in [-0.3, -0.25) is 9.89 Å². The van der Waals surface area contributed by atoms with Gasteiger partial charge in [-0.2, -0.15) is 5.10 Å². The van der Waals surface area contributed by atoms with Crippen LogP contribution < -0.4 is 5.73 Å². The van der Waals surface area contributed by atoms with Gasteiger partial charge in [0.05, 0.1) is 18.0 Å². The second-order valence-electron chi connectivity index (χ2n) is 5.18. The molecule has 120 valence electrons. The fourth-order valence-corrected chi connectivity index (χ4v) is 2.50. The summed E-state index contributed by atoms with van der Waals surface area (Å²) < 4.78 is 5.12. The van der Waals surface area contributed by atoms with E-state index in [2.05, 4.69) is 31.0 Å². The van der Waals surface area contributed by atoms with Gasteiger partial charge in [0.1, 0.15) is 0 Å². The number of aromatic nitrogens is 2. The number of ether oxygens (including phenoxy) is 1. The normalized spacial score (nSPS) is 11.1. The van der Waals surface area contributed by atoms with Gasteiger partial charge in [0.25, 0.3) is 5.91 Å². The average molecular weight is 296 g/mol. The summed E-state index contributed by atoms with van der Waals surface area (Å²) in [5, 5.41) is 7.02. The summed E-state index contributed by atoms with van der Waals surface area (Å²) in [6, 6.07) is 0.179. The molecular formula is C15H28N4O2. The van der Waals surface area contributed by atoms with Crippen molar-refractivity contribution in [3.8, 4) is 0 Å². The molecular weight excluding hydrogens is 268 g/mol. The zero-order valence-corrected chi connectivity index (χ0v) is 13.6. The van der Waals surface area contributed by atoms with Crippen LogP contribution in [0.15, 0.2) is 0 Å². The van der Waals surface area contributed by atoms with Crippen molar-refractivity contribution in [2.24, 2.45) is 0 Å². The van der Waals surface area contributed by atoms with Crippen molar-refractivity contribution in [1.82, 2.24) is 15.1 Å². The Bertz CT molecular complexity index is 441. The molecule has 1 heterocycles. The number of aromatic amines is 1. The number of nitrogens with two attached hydrogens (primary N) is 1. The highest BCUT2D eigenvalue weighted by Crippen LogP contribution is 2.20.